The highest BCUT2D eigenvalue weighted by atomic mass is 19.1. The highest BCUT2D eigenvalue weighted by Gasteiger charge is 2.17. The molecule has 0 spiro atoms. The van der Waals surface area contributed by atoms with Crippen molar-refractivity contribution in [3.8, 4) is 0 Å². The van der Waals surface area contributed by atoms with Crippen LogP contribution in [0.15, 0.2) is 30.5 Å². The van der Waals surface area contributed by atoms with Crippen molar-refractivity contribution >= 4 is 11.6 Å². The van der Waals surface area contributed by atoms with Gasteiger partial charge in [0, 0.05) is 13.2 Å². The standard InChI is InChI=1S/C14H17FN4O/c1-9(2)13-12(8-19(3)18-13)14(20)17-16-11-6-4-10(15)5-7-11/h4-9,16H,1-3H3,(H,17,20). The van der Waals surface area contributed by atoms with Crippen LogP contribution < -0.4 is 10.9 Å². The summed E-state index contributed by atoms with van der Waals surface area (Å²) in [4.78, 5) is 12.1. The second-order valence-corrected chi connectivity index (χ2v) is 4.84. The fraction of sp³-hybridized carbons (Fsp3) is 0.286. The summed E-state index contributed by atoms with van der Waals surface area (Å²) < 4.78 is 14.4. The summed E-state index contributed by atoms with van der Waals surface area (Å²) in [6.45, 7) is 3.96. The van der Waals surface area contributed by atoms with Crippen molar-refractivity contribution in [1.82, 2.24) is 15.2 Å². The first kappa shape index (κ1) is 14.0. The number of anilines is 1. The van der Waals surface area contributed by atoms with Crippen molar-refractivity contribution < 1.29 is 9.18 Å². The number of amides is 1. The number of hydrazine groups is 1. The van der Waals surface area contributed by atoms with Gasteiger partial charge in [-0.2, -0.15) is 5.10 Å². The number of nitrogens with zero attached hydrogens (tertiary/aromatic N) is 2. The van der Waals surface area contributed by atoms with Crippen molar-refractivity contribution in [2.75, 3.05) is 5.43 Å². The summed E-state index contributed by atoms with van der Waals surface area (Å²) in [5.41, 5.74) is 7.19. The molecule has 0 aliphatic rings. The second-order valence-electron chi connectivity index (χ2n) is 4.84. The second kappa shape index (κ2) is 5.73. The number of hydrogen-bond donors (Lipinski definition) is 2. The molecule has 0 saturated heterocycles. The highest BCUT2D eigenvalue weighted by Crippen LogP contribution is 2.17. The summed E-state index contributed by atoms with van der Waals surface area (Å²) in [6.07, 6.45) is 1.68. The Labute approximate surface area is 116 Å². The van der Waals surface area contributed by atoms with Gasteiger partial charge in [0.15, 0.2) is 0 Å². The van der Waals surface area contributed by atoms with E-state index in [9.17, 15) is 9.18 Å². The molecule has 5 nitrogen and oxygen atoms in total. The van der Waals surface area contributed by atoms with Crippen molar-refractivity contribution in [1.29, 1.82) is 0 Å². The van der Waals surface area contributed by atoms with Gasteiger partial charge >= 0.3 is 0 Å². The Morgan fingerprint density at radius 1 is 1.30 bits per heavy atom. The van der Waals surface area contributed by atoms with Crippen LogP contribution in [0.2, 0.25) is 0 Å². The molecular weight excluding hydrogens is 259 g/mol. The van der Waals surface area contributed by atoms with Gasteiger partial charge in [-0.05, 0) is 30.2 Å². The number of rotatable bonds is 4. The van der Waals surface area contributed by atoms with Crippen molar-refractivity contribution in [2.24, 2.45) is 7.05 Å². The van der Waals surface area contributed by atoms with E-state index < -0.39 is 0 Å². The minimum atomic E-state index is -0.323. The molecule has 0 aliphatic carbocycles. The fourth-order valence-corrected chi connectivity index (χ4v) is 1.84. The molecule has 0 fully saturated rings. The number of hydrogen-bond acceptors (Lipinski definition) is 3. The van der Waals surface area contributed by atoms with Crippen LogP contribution in [0, 0.1) is 5.82 Å². The Morgan fingerprint density at radius 2 is 1.95 bits per heavy atom. The molecule has 0 atom stereocenters. The molecule has 1 aromatic heterocycles. The van der Waals surface area contributed by atoms with Gasteiger partial charge < -0.3 is 0 Å². The summed E-state index contributed by atoms with van der Waals surface area (Å²) >= 11 is 0. The van der Waals surface area contributed by atoms with E-state index in [0.717, 1.165) is 5.69 Å². The van der Waals surface area contributed by atoms with Crippen LogP contribution in [-0.2, 0) is 7.05 Å². The minimum Gasteiger partial charge on any atom is -0.298 e. The molecule has 20 heavy (non-hydrogen) atoms. The molecule has 2 aromatic rings. The number of nitrogens with one attached hydrogen (secondary N) is 2. The monoisotopic (exact) mass is 276 g/mol. The van der Waals surface area contributed by atoms with Crippen LogP contribution in [0.25, 0.3) is 0 Å². The van der Waals surface area contributed by atoms with Gasteiger partial charge in [-0.3, -0.25) is 20.3 Å². The number of halogens is 1. The average Bonchev–Trinajstić information content (AvgIpc) is 2.80. The molecule has 0 saturated carbocycles. The van der Waals surface area contributed by atoms with Crippen molar-refractivity contribution in [2.45, 2.75) is 19.8 Å². The van der Waals surface area contributed by atoms with Crippen LogP contribution in [0.1, 0.15) is 35.8 Å². The summed E-state index contributed by atoms with van der Waals surface area (Å²) in [6, 6.07) is 5.72. The molecule has 0 bridgehead atoms. The molecule has 1 heterocycles. The maximum absolute atomic E-state index is 12.8. The lowest BCUT2D eigenvalue weighted by Gasteiger charge is -2.09. The number of benzene rings is 1. The van der Waals surface area contributed by atoms with Gasteiger partial charge in [-0.15, -0.1) is 0 Å². The van der Waals surface area contributed by atoms with Gasteiger partial charge in [-0.25, -0.2) is 4.39 Å². The van der Waals surface area contributed by atoms with E-state index in [-0.39, 0.29) is 17.6 Å². The first-order valence-electron chi connectivity index (χ1n) is 6.33. The fourth-order valence-electron chi connectivity index (χ4n) is 1.84. The van der Waals surface area contributed by atoms with Crippen LogP contribution in [0.5, 0.6) is 0 Å². The SMILES string of the molecule is CC(C)c1nn(C)cc1C(=O)NNc1ccc(F)cc1. The lowest BCUT2D eigenvalue weighted by molar-refractivity contribution is 0.0961. The molecule has 0 radical (unpaired) electrons. The largest absolute Gasteiger partial charge is 0.298 e. The zero-order valence-corrected chi connectivity index (χ0v) is 11.6. The van der Waals surface area contributed by atoms with Gasteiger partial charge in [0.05, 0.1) is 16.9 Å². The van der Waals surface area contributed by atoms with E-state index in [0.29, 0.717) is 11.3 Å². The number of carbonyl (C=O) groups excluding carboxylic acids is 1. The third kappa shape index (κ3) is 3.14. The number of carbonyl (C=O) groups is 1. The summed E-state index contributed by atoms with van der Waals surface area (Å²) in [7, 11) is 1.77. The van der Waals surface area contributed by atoms with Crippen LogP contribution in [0.3, 0.4) is 0 Å². The molecule has 1 aromatic carbocycles. The van der Waals surface area contributed by atoms with Crippen molar-refractivity contribution in [3.05, 3.63) is 47.5 Å². The van der Waals surface area contributed by atoms with E-state index in [1.165, 1.54) is 12.1 Å². The van der Waals surface area contributed by atoms with E-state index in [2.05, 4.69) is 16.0 Å². The minimum absolute atomic E-state index is 0.155. The molecule has 106 valence electrons. The lowest BCUT2D eigenvalue weighted by Crippen LogP contribution is -2.29. The maximum atomic E-state index is 12.8. The molecule has 0 aliphatic heterocycles. The predicted molar refractivity (Wildman–Crippen MR) is 74.8 cm³/mol. The first-order chi connectivity index (χ1) is 9.47. The number of aromatic nitrogens is 2. The Morgan fingerprint density at radius 3 is 2.55 bits per heavy atom. The highest BCUT2D eigenvalue weighted by molar-refractivity contribution is 5.95. The van der Waals surface area contributed by atoms with Gasteiger partial charge in [-0.1, -0.05) is 13.8 Å². The van der Waals surface area contributed by atoms with Crippen molar-refractivity contribution in [3.63, 3.8) is 0 Å². The first-order valence-corrected chi connectivity index (χ1v) is 6.33. The van der Waals surface area contributed by atoms with Gasteiger partial charge in [0.1, 0.15) is 5.82 Å². The zero-order valence-electron chi connectivity index (χ0n) is 11.6. The third-order valence-electron chi connectivity index (χ3n) is 2.81. The molecule has 0 unspecified atom stereocenters. The van der Waals surface area contributed by atoms with E-state index >= 15 is 0 Å². The number of aryl methyl sites for hydroxylation is 1. The Hall–Kier alpha value is -2.37. The van der Waals surface area contributed by atoms with Gasteiger partial charge in [0.2, 0.25) is 0 Å². The van der Waals surface area contributed by atoms with E-state index in [4.69, 9.17) is 0 Å². The quantitative estimate of drug-likeness (QED) is 0.843. The average molecular weight is 276 g/mol. The normalized spacial score (nSPS) is 10.7. The zero-order chi connectivity index (χ0) is 14.7. The molecule has 2 rings (SSSR count). The lowest BCUT2D eigenvalue weighted by atomic mass is 10.1. The van der Waals surface area contributed by atoms with Crippen LogP contribution in [-0.4, -0.2) is 15.7 Å². The molecule has 1 amide bonds. The molecular formula is C14H17FN4O. The van der Waals surface area contributed by atoms with E-state index in [1.54, 1.807) is 30.1 Å². The van der Waals surface area contributed by atoms with E-state index in [1.807, 2.05) is 13.8 Å². The van der Waals surface area contributed by atoms with Crippen LogP contribution >= 0.6 is 0 Å². The Balaban J connectivity index is 2.07. The topological polar surface area (TPSA) is 59.0 Å². The van der Waals surface area contributed by atoms with Gasteiger partial charge in [0.25, 0.3) is 5.91 Å². The maximum Gasteiger partial charge on any atom is 0.273 e. The smallest absolute Gasteiger partial charge is 0.273 e. The summed E-state index contributed by atoms with van der Waals surface area (Å²) in [5, 5.41) is 4.28. The molecule has 2 N–H and O–H groups in total. The third-order valence-corrected chi connectivity index (χ3v) is 2.81. The van der Waals surface area contributed by atoms with Crippen LogP contribution in [0.4, 0.5) is 10.1 Å². The molecule has 6 heteroatoms. The Bertz CT molecular complexity index is 604. The predicted octanol–water partition coefficient (Wildman–Crippen LogP) is 2.44. The summed E-state index contributed by atoms with van der Waals surface area (Å²) in [5.74, 6) is -0.440. The Kier molecular flexibility index (Phi) is 4.02.